The normalized spacial score (nSPS) is 29.2. The number of ketones is 1. The first-order chi connectivity index (χ1) is 7.62. The predicted molar refractivity (Wildman–Crippen MR) is 63.1 cm³/mol. The fourth-order valence-electron chi connectivity index (χ4n) is 2.92. The Morgan fingerprint density at radius 1 is 0.875 bits per heavy atom. The van der Waals surface area contributed by atoms with Crippen LogP contribution in [0.3, 0.4) is 0 Å². The predicted octanol–water partition coefficient (Wildman–Crippen LogP) is 2.25. The van der Waals surface area contributed by atoms with Gasteiger partial charge < -0.3 is 0 Å². The standard InChI is InChI=1S/C12H20O3S/c13-11-8-4-5-9-12(11)16(14,15)10-6-2-1-3-7-10/h10,12H,1-9H2. The minimum atomic E-state index is -3.18. The lowest BCUT2D eigenvalue weighted by Crippen LogP contribution is -2.40. The number of sulfone groups is 1. The maximum atomic E-state index is 12.3. The number of carbonyl (C=O) groups excluding carboxylic acids is 1. The summed E-state index contributed by atoms with van der Waals surface area (Å²) in [6.45, 7) is 0. The monoisotopic (exact) mass is 244 g/mol. The van der Waals surface area contributed by atoms with E-state index in [9.17, 15) is 13.2 Å². The molecule has 1 atom stereocenters. The Morgan fingerprint density at radius 3 is 2.12 bits per heavy atom. The molecule has 0 aliphatic heterocycles. The van der Waals surface area contributed by atoms with Gasteiger partial charge in [0, 0.05) is 6.42 Å². The van der Waals surface area contributed by atoms with E-state index in [1.54, 1.807) is 0 Å². The average molecular weight is 244 g/mol. The number of rotatable bonds is 2. The minimum absolute atomic E-state index is 0.0307. The topological polar surface area (TPSA) is 51.2 Å². The summed E-state index contributed by atoms with van der Waals surface area (Å²) >= 11 is 0. The lowest BCUT2D eigenvalue weighted by Gasteiger charge is -2.28. The molecule has 0 aromatic heterocycles. The highest BCUT2D eigenvalue weighted by molar-refractivity contribution is 7.93. The van der Waals surface area contributed by atoms with E-state index in [-0.39, 0.29) is 11.0 Å². The molecule has 16 heavy (non-hydrogen) atoms. The van der Waals surface area contributed by atoms with Crippen molar-refractivity contribution in [3.8, 4) is 0 Å². The van der Waals surface area contributed by atoms with Crippen molar-refractivity contribution in [1.82, 2.24) is 0 Å². The quantitative estimate of drug-likeness (QED) is 0.748. The zero-order chi connectivity index (χ0) is 11.6. The molecule has 0 radical (unpaired) electrons. The third-order valence-corrected chi connectivity index (χ3v) is 6.60. The largest absolute Gasteiger partial charge is 0.298 e. The van der Waals surface area contributed by atoms with Crippen molar-refractivity contribution in [2.24, 2.45) is 0 Å². The number of hydrogen-bond donors (Lipinski definition) is 0. The Bertz CT molecular complexity index is 352. The molecule has 2 aliphatic carbocycles. The lowest BCUT2D eigenvalue weighted by molar-refractivity contribution is -0.119. The van der Waals surface area contributed by atoms with Gasteiger partial charge in [0.05, 0.1) is 5.25 Å². The molecule has 2 fully saturated rings. The summed E-state index contributed by atoms with van der Waals surface area (Å²) in [4.78, 5) is 11.7. The van der Waals surface area contributed by atoms with Crippen LogP contribution in [0.2, 0.25) is 0 Å². The van der Waals surface area contributed by atoms with Crippen molar-refractivity contribution < 1.29 is 13.2 Å². The Labute approximate surface area is 97.5 Å². The van der Waals surface area contributed by atoms with Crippen LogP contribution in [0.15, 0.2) is 0 Å². The SMILES string of the molecule is O=C1CCCCC1S(=O)(=O)C1CCCCC1. The molecule has 0 bridgehead atoms. The lowest BCUT2D eigenvalue weighted by atomic mass is 9.99. The second-order valence-corrected chi connectivity index (χ2v) is 7.46. The van der Waals surface area contributed by atoms with Crippen LogP contribution in [-0.4, -0.2) is 24.7 Å². The van der Waals surface area contributed by atoms with Crippen LogP contribution in [0, 0.1) is 0 Å². The van der Waals surface area contributed by atoms with Crippen molar-refractivity contribution in [1.29, 1.82) is 0 Å². The van der Waals surface area contributed by atoms with E-state index < -0.39 is 15.1 Å². The van der Waals surface area contributed by atoms with E-state index in [1.807, 2.05) is 0 Å². The molecule has 1 unspecified atom stereocenters. The van der Waals surface area contributed by atoms with Gasteiger partial charge in [-0.3, -0.25) is 4.79 Å². The molecular formula is C12H20O3S. The maximum absolute atomic E-state index is 12.3. The minimum Gasteiger partial charge on any atom is -0.298 e. The van der Waals surface area contributed by atoms with E-state index in [0.29, 0.717) is 12.8 Å². The zero-order valence-corrected chi connectivity index (χ0v) is 10.5. The number of hydrogen-bond acceptors (Lipinski definition) is 3. The van der Waals surface area contributed by atoms with Crippen molar-refractivity contribution >= 4 is 15.6 Å². The summed E-state index contributed by atoms with van der Waals surface area (Å²) < 4.78 is 24.7. The molecule has 0 saturated heterocycles. The van der Waals surface area contributed by atoms with E-state index in [4.69, 9.17) is 0 Å². The molecule has 2 rings (SSSR count). The van der Waals surface area contributed by atoms with Gasteiger partial charge in [-0.15, -0.1) is 0 Å². The summed E-state index contributed by atoms with van der Waals surface area (Å²) in [5, 5.41) is -0.891. The van der Waals surface area contributed by atoms with Crippen molar-refractivity contribution in [2.75, 3.05) is 0 Å². The van der Waals surface area contributed by atoms with Crippen LogP contribution in [0.1, 0.15) is 57.8 Å². The van der Waals surface area contributed by atoms with E-state index in [1.165, 1.54) is 0 Å². The zero-order valence-electron chi connectivity index (χ0n) is 9.65. The van der Waals surface area contributed by atoms with Crippen LogP contribution >= 0.6 is 0 Å². The molecule has 0 aromatic carbocycles. The van der Waals surface area contributed by atoms with Gasteiger partial charge in [-0.2, -0.15) is 0 Å². The molecule has 0 N–H and O–H groups in total. The first-order valence-corrected chi connectivity index (χ1v) is 7.99. The Morgan fingerprint density at radius 2 is 1.50 bits per heavy atom. The summed E-state index contributed by atoms with van der Waals surface area (Å²) in [7, 11) is -3.18. The van der Waals surface area contributed by atoms with Gasteiger partial charge in [0.2, 0.25) is 0 Å². The van der Waals surface area contributed by atoms with Crippen LogP contribution in [0.5, 0.6) is 0 Å². The molecule has 2 aliphatic rings. The van der Waals surface area contributed by atoms with Crippen LogP contribution in [0.25, 0.3) is 0 Å². The van der Waals surface area contributed by atoms with Gasteiger partial charge >= 0.3 is 0 Å². The molecule has 2 saturated carbocycles. The Hall–Kier alpha value is -0.380. The smallest absolute Gasteiger partial charge is 0.163 e. The van der Waals surface area contributed by atoms with Crippen LogP contribution in [0.4, 0.5) is 0 Å². The number of carbonyl (C=O) groups is 1. The van der Waals surface area contributed by atoms with Crippen LogP contribution in [-0.2, 0) is 14.6 Å². The van der Waals surface area contributed by atoms with E-state index >= 15 is 0 Å². The van der Waals surface area contributed by atoms with Gasteiger partial charge in [-0.05, 0) is 25.7 Å². The number of Topliss-reactive ketones (excluding diaryl/α,β-unsaturated/α-hetero) is 1. The third kappa shape index (κ3) is 2.31. The summed E-state index contributed by atoms with van der Waals surface area (Å²) in [5.41, 5.74) is 0. The molecule has 4 heteroatoms. The van der Waals surface area contributed by atoms with E-state index in [2.05, 4.69) is 0 Å². The Balaban J connectivity index is 2.13. The third-order valence-electron chi connectivity index (χ3n) is 3.91. The van der Waals surface area contributed by atoms with E-state index in [0.717, 1.165) is 44.9 Å². The first-order valence-electron chi connectivity index (χ1n) is 6.38. The molecule has 0 aromatic rings. The summed E-state index contributed by atoms with van der Waals surface area (Å²) in [6.07, 6.45) is 7.49. The second kappa shape index (κ2) is 4.86. The van der Waals surface area contributed by atoms with Crippen LogP contribution < -0.4 is 0 Å². The summed E-state index contributed by atoms with van der Waals surface area (Å²) in [5.74, 6) is -0.0307. The molecule has 92 valence electrons. The van der Waals surface area contributed by atoms with Gasteiger partial charge in [0.15, 0.2) is 15.6 Å². The first kappa shape index (κ1) is 12.1. The van der Waals surface area contributed by atoms with Crippen molar-refractivity contribution in [3.05, 3.63) is 0 Å². The Kier molecular flexibility index (Phi) is 3.67. The fourth-order valence-corrected chi connectivity index (χ4v) is 5.36. The van der Waals surface area contributed by atoms with Gasteiger partial charge in [-0.1, -0.05) is 25.7 Å². The summed E-state index contributed by atoms with van der Waals surface area (Å²) in [6, 6.07) is 0. The van der Waals surface area contributed by atoms with Gasteiger partial charge in [0.25, 0.3) is 0 Å². The fraction of sp³-hybridized carbons (Fsp3) is 0.917. The molecule has 3 nitrogen and oxygen atoms in total. The van der Waals surface area contributed by atoms with Gasteiger partial charge in [-0.25, -0.2) is 8.42 Å². The van der Waals surface area contributed by atoms with Crippen molar-refractivity contribution in [2.45, 2.75) is 68.3 Å². The van der Waals surface area contributed by atoms with Gasteiger partial charge in [0.1, 0.15) is 5.25 Å². The second-order valence-electron chi connectivity index (χ2n) is 5.05. The average Bonchev–Trinajstić information content (AvgIpc) is 2.30. The molecular weight excluding hydrogens is 224 g/mol. The molecule has 0 amide bonds. The molecule has 0 heterocycles. The highest BCUT2D eigenvalue weighted by Gasteiger charge is 2.39. The van der Waals surface area contributed by atoms with Crippen molar-refractivity contribution in [3.63, 3.8) is 0 Å². The maximum Gasteiger partial charge on any atom is 0.163 e. The highest BCUT2D eigenvalue weighted by atomic mass is 32.2. The molecule has 0 spiro atoms. The highest BCUT2D eigenvalue weighted by Crippen LogP contribution is 2.30.